The molecule has 0 spiro atoms. The molecule has 2 heterocycles. The molecule has 1 amide bonds. The van der Waals surface area contributed by atoms with Crippen LogP contribution in [0.2, 0.25) is 0 Å². The molecule has 3 rings (SSSR count). The normalized spacial score (nSPS) is 22.2. The molecule has 2 aliphatic heterocycles. The first-order valence-electron chi connectivity index (χ1n) is 7.96. The minimum absolute atomic E-state index is 0.0705. The second kappa shape index (κ2) is 6.85. The van der Waals surface area contributed by atoms with Crippen LogP contribution in [0.4, 0.5) is 0 Å². The zero-order valence-electron chi connectivity index (χ0n) is 12.8. The summed E-state index contributed by atoms with van der Waals surface area (Å²) in [6, 6.07) is 8.03. The van der Waals surface area contributed by atoms with E-state index in [4.69, 9.17) is 11.2 Å². The minimum Gasteiger partial charge on any atom is -0.493 e. The first-order valence-corrected chi connectivity index (χ1v) is 7.96. The van der Waals surface area contributed by atoms with Gasteiger partial charge in [0.1, 0.15) is 5.75 Å². The third-order valence-electron chi connectivity index (χ3n) is 4.55. The van der Waals surface area contributed by atoms with Crippen molar-refractivity contribution >= 4 is 5.91 Å². The fourth-order valence-corrected chi connectivity index (χ4v) is 3.26. The molecule has 4 heteroatoms. The molecule has 0 saturated carbocycles. The summed E-state index contributed by atoms with van der Waals surface area (Å²) in [5.74, 6) is 3.83. The van der Waals surface area contributed by atoms with Gasteiger partial charge in [0.05, 0.1) is 19.2 Å². The third-order valence-corrected chi connectivity index (χ3v) is 4.55. The molecule has 0 radical (unpaired) electrons. The first-order chi connectivity index (χ1) is 10.8. The van der Waals surface area contributed by atoms with Crippen LogP contribution in [0.1, 0.15) is 30.9 Å². The van der Waals surface area contributed by atoms with E-state index in [2.05, 4.69) is 16.1 Å². The lowest BCUT2D eigenvalue weighted by molar-refractivity contribution is -0.127. The lowest BCUT2D eigenvalue weighted by Gasteiger charge is -2.32. The van der Waals surface area contributed by atoms with Crippen molar-refractivity contribution in [3.8, 4) is 18.1 Å². The lowest BCUT2D eigenvalue weighted by Crippen LogP contribution is -2.42. The number of hydrogen-bond acceptors (Lipinski definition) is 3. The molecule has 1 fully saturated rings. The Labute approximate surface area is 131 Å². The Bertz CT molecular complexity index is 571. The zero-order chi connectivity index (χ0) is 15.4. The summed E-state index contributed by atoms with van der Waals surface area (Å²) in [7, 11) is 0. The van der Waals surface area contributed by atoms with Gasteiger partial charge in [0.15, 0.2) is 0 Å². The minimum atomic E-state index is 0.0705. The molecule has 1 saturated heterocycles. The highest BCUT2D eigenvalue weighted by Gasteiger charge is 2.28. The molecule has 2 aliphatic rings. The van der Waals surface area contributed by atoms with Gasteiger partial charge in [-0.25, -0.2) is 0 Å². The number of likely N-dealkylation sites (tertiary alicyclic amines) is 1. The number of carbonyl (C=O) groups excluding carboxylic acids is 1. The fourth-order valence-electron chi connectivity index (χ4n) is 3.26. The topological polar surface area (TPSA) is 41.6 Å². The van der Waals surface area contributed by atoms with Crippen LogP contribution in [0.3, 0.4) is 0 Å². The summed E-state index contributed by atoms with van der Waals surface area (Å²) in [6.45, 7) is 3.16. The molecule has 1 atom stereocenters. The van der Waals surface area contributed by atoms with Crippen molar-refractivity contribution in [2.45, 2.75) is 25.3 Å². The molecule has 1 aromatic rings. The van der Waals surface area contributed by atoms with Gasteiger partial charge in [0.2, 0.25) is 5.91 Å². The molecule has 116 valence electrons. The highest BCUT2D eigenvalue weighted by molar-refractivity contribution is 5.79. The Kier molecular flexibility index (Phi) is 4.65. The average molecular weight is 298 g/mol. The molecular weight excluding hydrogens is 276 g/mol. The molecule has 0 bridgehead atoms. The van der Waals surface area contributed by atoms with Crippen molar-refractivity contribution in [1.29, 1.82) is 0 Å². The predicted molar refractivity (Wildman–Crippen MR) is 85.4 cm³/mol. The molecule has 4 nitrogen and oxygen atoms in total. The van der Waals surface area contributed by atoms with Crippen LogP contribution >= 0.6 is 0 Å². The number of fused-ring (bicyclic) bond motifs is 1. The predicted octanol–water partition coefficient (Wildman–Crippen LogP) is 1.97. The van der Waals surface area contributed by atoms with E-state index in [9.17, 15) is 4.79 Å². The molecule has 0 aliphatic carbocycles. The summed E-state index contributed by atoms with van der Waals surface area (Å²) in [5, 5.41) is 3.21. The largest absolute Gasteiger partial charge is 0.493 e. The van der Waals surface area contributed by atoms with Crippen molar-refractivity contribution in [1.82, 2.24) is 10.2 Å². The number of amides is 1. The maximum atomic E-state index is 12.5. The maximum absolute atomic E-state index is 12.5. The van der Waals surface area contributed by atoms with Crippen molar-refractivity contribution in [3.05, 3.63) is 29.8 Å². The molecule has 0 unspecified atom stereocenters. The van der Waals surface area contributed by atoms with Crippen molar-refractivity contribution in [2.75, 3.05) is 26.2 Å². The van der Waals surface area contributed by atoms with Crippen LogP contribution < -0.4 is 10.1 Å². The highest BCUT2D eigenvalue weighted by atomic mass is 16.5. The van der Waals surface area contributed by atoms with Crippen LogP contribution in [0.25, 0.3) is 0 Å². The molecular formula is C18H22N2O2. The van der Waals surface area contributed by atoms with Crippen LogP contribution in [0.15, 0.2) is 24.3 Å². The van der Waals surface area contributed by atoms with E-state index >= 15 is 0 Å². The number of carbonyl (C=O) groups is 1. The van der Waals surface area contributed by atoms with E-state index < -0.39 is 0 Å². The molecule has 22 heavy (non-hydrogen) atoms. The van der Waals surface area contributed by atoms with E-state index in [0.29, 0.717) is 13.2 Å². The summed E-state index contributed by atoms with van der Waals surface area (Å²) in [4.78, 5) is 14.8. The summed E-state index contributed by atoms with van der Waals surface area (Å²) >= 11 is 0. The summed E-state index contributed by atoms with van der Waals surface area (Å²) in [6.07, 6.45) is 7.95. The quantitative estimate of drug-likeness (QED) is 0.868. The average Bonchev–Trinajstić information content (AvgIpc) is 2.56. The number of hydrogen-bond donors (Lipinski definition) is 1. The van der Waals surface area contributed by atoms with Gasteiger partial charge >= 0.3 is 0 Å². The van der Waals surface area contributed by atoms with E-state index in [1.807, 2.05) is 24.3 Å². The number of terminal acetylenes is 1. The number of piperidine rings is 1. The number of benzene rings is 1. The summed E-state index contributed by atoms with van der Waals surface area (Å²) < 4.78 is 5.64. The van der Waals surface area contributed by atoms with Crippen molar-refractivity contribution < 1.29 is 9.53 Å². The fraction of sp³-hybridized carbons (Fsp3) is 0.500. The second-order valence-electron chi connectivity index (χ2n) is 5.99. The Morgan fingerprint density at radius 3 is 2.86 bits per heavy atom. The smallest absolute Gasteiger partial charge is 0.223 e. The number of nitrogens with one attached hydrogen (secondary N) is 1. The first kappa shape index (κ1) is 14.9. The lowest BCUT2D eigenvalue weighted by atomic mass is 9.94. The van der Waals surface area contributed by atoms with E-state index in [1.165, 1.54) is 0 Å². The molecule has 1 aromatic carbocycles. The Morgan fingerprint density at radius 2 is 2.09 bits per heavy atom. The van der Waals surface area contributed by atoms with Gasteiger partial charge in [0, 0.05) is 17.9 Å². The van der Waals surface area contributed by atoms with E-state index in [0.717, 1.165) is 43.7 Å². The molecule has 1 N–H and O–H groups in total. The van der Waals surface area contributed by atoms with Crippen LogP contribution in [-0.2, 0) is 4.79 Å². The number of nitrogens with zero attached hydrogens (tertiary/aromatic N) is 1. The maximum Gasteiger partial charge on any atom is 0.223 e. The number of ether oxygens (including phenoxy) is 1. The van der Waals surface area contributed by atoms with Gasteiger partial charge in [-0.1, -0.05) is 24.1 Å². The number of rotatable bonds is 3. The van der Waals surface area contributed by atoms with Crippen molar-refractivity contribution in [3.63, 3.8) is 0 Å². The van der Waals surface area contributed by atoms with Gasteiger partial charge in [-0.2, -0.15) is 0 Å². The van der Waals surface area contributed by atoms with Gasteiger partial charge in [-0.3, -0.25) is 9.69 Å². The Hall–Kier alpha value is -1.99. The Morgan fingerprint density at radius 1 is 1.32 bits per heavy atom. The standard InChI is InChI=1S/C18H22N2O2/c1-2-10-20-11-7-14(8-12-20)18(21)19-16-9-13-22-17-6-4-3-5-15(16)17/h1,3-6,14,16H,7-13H2,(H,19,21)/t16-/m1/s1. The van der Waals surface area contributed by atoms with Gasteiger partial charge in [-0.05, 0) is 32.0 Å². The van der Waals surface area contributed by atoms with Crippen molar-refractivity contribution in [2.24, 2.45) is 5.92 Å². The van der Waals surface area contributed by atoms with Gasteiger partial charge in [0.25, 0.3) is 0 Å². The van der Waals surface area contributed by atoms with E-state index in [1.54, 1.807) is 0 Å². The van der Waals surface area contributed by atoms with Crippen LogP contribution in [-0.4, -0.2) is 37.0 Å². The SMILES string of the molecule is C#CCN1CCC(C(=O)N[C@@H]2CCOc3ccccc32)CC1. The van der Waals surface area contributed by atoms with Crippen LogP contribution in [0.5, 0.6) is 5.75 Å². The van der Waals surface area contributed by atoms with Gasteiger partial charge < -0.3 is 10.1 Å². The second-order valence-corrected chi connectivity index (χ2v) is 5.99. The monoisotopic (exact) mass is 298 g/mol. The van der Waals surface area contributed by atoms with E-state index in [-0.39, 0.29) is 17.9 Å². The highest BCUT2D eigenvalue weighted by Crippen LogP contribution is 2.32. The molecule has 0 aromatic heterocycles. The van der Waals surface area contributed by atoms with Crippen LogP contribution in [0, 0.1) is 18.3 Å². The number of para-hydroxylation sites is 1. The Balaban J connectivity index is 1.58. The zero-order valence-corrected chi connectivity index (χ0v) is 12.8. The summed E-state index contributed by atoms with van der Waals surface area (Å²) in [5.41, 5.74) is 1.09. The van der Waals surface area contributed by atoms with Gasteiger partial charge in [-0.15, -0.1) is 6.42 Å². The third kappa shape index (κ3) is 3.26.